The van der Waals surface area contributed by atoms with Gasteiger partial charge in [0.05, 0.1) is 6.10 Å². The monoisotopic (exact) mass is 367 g/mol. The average molecular weight is 367 g/mol. The molecular weight excluding hydrogens is 342 g/mol. The van der Waals surface area contributed by atoms with Crippen LogP contribution in [0.3, 0.4) is 0 Å². The summed E-state index contributed by atoms with van der Waals surface area (Å²) in [5.74, 6) is 1.93. The zero-order valence-corrected chi connectivity index (χ0v) is 15.5. The number of fused-ring (bicyclic) bond motifs is 1. The Morgan fingerprint density at radius 3 is 2.48 bits per heavy atom. The van der Waals surface area contributed by atoms with Crippen LogP contribution >= 0.6 is 0 Å². The van der Waals surface area contributed by atoms with Crippen LogP contribution in [0.15, 0.2) is 48.5 Å². The largest absolute Gasteiger partial charge is 0.490 e. The summed E-state index contributed by atoms with van der Waals surface area (Å²) in [4.78, 5) is 12.7. The number of hydrogen-bond acceptors (Lipinski definition) is 4. The maximum absolute atomic E-state index is 12.7. The van der Waals surface area contributed by atoms with E-state index >= 15 is 0 Å². The molecule has 1 N–H and O–H groups in total. The number of ether oxygens (including phenoxy) is 3. The number of rotatable bonds is 5. The van der Waals surface area contributed by atoms with Gasteiger partial charge in [-0.25, -0.2) is 0 Å². The maximum Gasteiger partial charge on any atom is 0.265 e. The first kappa shape index (κ1) is 17.7. The quantitative estimate of drug-likeness (QED) is 0.872. The van der Waals surface area contributed by atoms with Crippen molar-refractivity contribution in [3.63, 3.8) is 0 Å². The summed E-state index contributed by atoms with van der Waals surface area (Å²) < 4.78 is 17.8. The van der Waals surface area contributed by atoms with Crippen LogP contribution in [0.4, 0.5) is 0 Å². The first-order valence-corrected chi connectivity index (χ1v) is 9.65. The highest BCUT2D eigenvalue weighted by Gasteiger charge is 2.34. The van der Waals surface area contributed by atoms with Gasteiger partial charge in [0.1, 0.15) is 11.9 Å². The van der Waals surface area contributed by atoms with Crippen LogP contribution in [0.2, 0.25) is 0 Å². The Balaban J connectivity index is 1.39. The van der Waals surface area contributed by atoms with E-state index in [-0.39, 0.29) is 18.1 Å². The molecule has 142 valence electrons. The number of benzene rings is 2. The number of nitrogens with one attached hydrogen (secondary N) is 1. The Hall–Kier alpha value is -2.69. The van der Waals surface area contributed by atoms with Crippen molar-refractivity contribution in [2.75, 3.05) is 0 Å². The third kappa shape index (κ3) is 4.02. The van der Waals surface area contributed by atoms with Crippen molar-refractivity contribution in [3.05, 3.63) is 54.1 Å². The van der Waals surface area contributed by atoms with E-state index in [4.69, 9.17) is 14.2 Å². The molecule has 4 rings (SSSR count). The fourth-order valence-electron chi connectivity index (χ4n) is 3.64. The normalized spacial score (nSPS) is 21.7. The van der Waals surface area contributed by atoms with Gasteiger partial charge in [0.15, 0.2) is 11.5 Å². The molecule has 2 atom stereocenters. The van der Waals surface area contributed by atoms with Crippen LogP contribution in [0.5, 0.6) is 17.2 Å². The fraction of sp³-hybridized carbons (Fsp3) is 0.409. The molecule has 1 heterocycles. The summed E-state index contributed by atoms with van der Waals surface area (Å²) >= 11 is 0. The average Bonchev–Trinajstić information content (AvgIpc) is 3.19. The molecule has 1 amide bonds. The van der Waals surface area contributed by atoms with Gasteiger partial charge in [-0.05, 0) is 50.8 Å². The van der Waals surface area contributed by atoms with E-state index in [1.54, 1.807) is 0 Å². The van der Waals surface area contributed by atoms with Gasteiger partial charge >= 0.3 is 0 Å². The first-order chi connectivity index (χ1) is 13.2. The Labute approximate surface area is 159 Å². The second-order valence-corrected chi connectivity index (χ2v) is 7.16. The van der Waals surface area contributed by atoms with E-state index in [0.29, 0.717) is 18.0 Å². The van der Waals surface area contributed by atoms with Crippen molar-refractivity contribution in [1.29, 1.82) is 0 Å². The molecule has 0 unspecified atom stereocenters. The van der Waals surface area contributed by atoms with Gasteiger partial charge in [0, 0.05) is 12.1 Å². The highest BCUT2D eigenvalue weighted by Crippen LogP contribution is 2.33. The maximum atomic E-state index is 12.7. The number of amides is 1. The molecular formula is C22H25NO4. The Kier molecular flexibility index (Phi) is 5.19. The van der Waals surface area contributed by atoms with Gasteiger partial charge in [0.2, 0.25) is 6.10 Å². The lowest BCUT2D eigenvalue weighted by atomic mass is 10.1. The van der Waals surface area contributed by atoms with Gasteiger partial charge in [-0.1, -0.05) is 30.3 Å². The number of para-hydroxylation sites is 3. The SMILES string of the molecule is C[C@@H]1Oc2ccccc2O[C@H]1C(=O)NCc1ccccc1OC1CCCC1. The summed E-state index contributed by atoms with van der Waals surface area (Å²) in [6, 6.07) is 15.3. The molecule has 5 nitrogen and oxygen atoms in total. The first-order valence-electron chi connectivity index (χ1n) is 9.65. The molecule has 1 aliphatic heterocycles. The minimum Gasteiger partial charge on any atom is -0.490 e. The predicted molar refractivity (Wildman–Crippen MR) is 102 cm³/mol. The van der Waals surface area contributed by atoms with Crippen LogP contribution in [0, 0.1) is 0 Å². The third-order valence-electron chi connectivity index (χ3n) is 5.12. The van der Waals surface area contributed by atoms with Gasteiger partial charge in [-0.3, -0.25) is 4.79 Å². The van der Waals surface area contributed by atoms with Crippen molar-refractivity contribution in [2.45, 2.75) is 57.5 Å². The van der Waals surface area contributed by atoms with Crippen molar-refractivity contribution in [3.8, 4) is 17.2 Å². The zero-order chi connectivity index (χ0) is 18.6. The lowest BCUT2D eigenvalue weighted by Gasteiger charge is -2.31. The van der Waals surface area contributed by atoms with Crippen LogP contribution in [-0.2, 0) is 11.3 Å². The van der Waals surface area contributed by atoms with Crippen molar-refractivity contribution >= 4 is 5.91 Å². The van der Waals surface area contributed by atoms with E-state index in [0.717, 1.165) is 24.2 Å². The van der Waals surface area contributed by atoms with Crippen LogP contribution in [-0.4, -0.2) is 24.2 Å². The minimum atomic E-state index is -0.678. The van der Waals surface area contributed by atoms with E-state index < -0.39 is 6.10 Å². The predicted octanol–water partition coefficient (Wildman–Crippen LogP) is 3.85. The summed E-state index contributed by atoms with van der Waals surface area (Å²) in [7, 11) is 0. The Morgan fingerprint density at radius 1 is 1.04 bits per heavy atom. The highest BCUT2D eigenvalue weighted by atomic mass is 16.6. The summed E-state index contributed by atoms with van der Waals surface area (Å²) in [5, 5.41) is 2.97. The molecule has 1 fully saturated rings. The summed E-state index contributed by atoms with van der Waals surface area (Å²) in [6.07, 6.45) is 3.90. The van der Waals surface area contributed by atoms with Gasteiger partial charge in [0.25, 0.3) is 5.91 Å². The number of carbonyl (C=O) groups excluding carboxylic acids is 1. The highest BCUT2D eigenvalue weighted by molar-refractivity contribution is 5.82. The Bertz CT molecular complexity index is 800. The molecule has 0 spiro atoms. The van der Waals surface area contributed by atoms with E-state index in [9.17, 15) is 4.79 Å². The molecule has 0 bridgehead atoms. The molecule has 0 saturated heterocycles. The lowest BCUT2D eigenvalue weighted by molar-refractivity contribution is -0.133. The Morgan fingerprint density at radius 2 is 1.70 bits per heavy atom. The second kappa shape index (κ2) is 7.91. The van der Waals surface area contributed by atoms with Crippen LogP contribution in [0.1, 0.15) is 38.2 Å². The van der Waals surface area contributed by atoms with Gasteiger partial charge < -0.3 is 19.5 Å². The molecule has 2 aliphatic rings. The molecule has 2 aromatic carbocycles. The van der Waals surface area contributed by atoms with E-state index in [1.807, 2.05) is 55.5 Å². The van der Waals surface area contributed by atoms with Gasteiger partial charge in [-0.2, -0.15) is 0 Å². The zero-order valence-electron chi connectivity index (χ0n) is 15.5. The summed E-state index contributed by atoms with van der Waals surface area (Å²) in [5.41, 5.74) is 0.975. The molecule has 1 saturated carbocycles. The minimum absolute atomic E-state index is 0.187. The second-order valence-electron chi connectivity index (χ2n) is 7.16. The lowest BCUT2D eigenvalue weighted by Crippen LogP contribution is -2.48. The van der Waals surface area contributed by atoms with E-state index in [2.05, 4.69) is 5.32 Å². The summed E-state index contributed by atoms with van der Waals surface area (Å²) in [6.45, 7) is 2.24. The molecule has 0 aromatic heterocycles. The van der Waals surface area contributed by atoms with Gasteiger partial charge in [-0.15, -0.1) is 0 Å². The van der Waals surface area contributed by atoms with Crippen molar-refractivity contribution in [2.24, 2.45) is 0 Å². The molecule has 5 heteroatoms. The van der Waals surface area contributed by atoms with Crippen molar-refractivity contribution < 1.29 is 19.0 Å². The fourth-order valence-corrected chi connectivity index (χ4v) is 3.64. The standard InChI is InChI=1S/C22H25NO4/c1-15-21(27-20-13-7-6-12-19(20)25-15)22(24)23-14-16-8-2-5-11-18(16)26-17-9-3-4-10-17/h2,5-8,11-13,15,17,21H,3-4,9-10,14H2,1H3,(H,23,24)/t15-,21+/m0/s1. The van der Waals surface area contributed by atoms with Crippen LogP contribution < -0.4 is 19.5 Å². The smallest absolute Gasteiger partial charge is 0.265 e. The third-order valence-corrected chi connectivity index (χ3v) is 5.12. The molecule has 27 heavy (non-hydrogen) atoms. The van der Waals surface area contributed by atoms with Crippen molar-refractivity contribution in [1.82, 2.24) is 5.32 Å². The van der Waals surface area contributed by atoms with Crippen LogP contribution in [0.25, 0.3) is 0 Å². The topological polar surface area (TPSA) is 56.8 Å². The molecule has 2 aromatic rings. The number of hydrogen-bond donors (Lipinski definition) is 1. The number of carbonyl (C=O) groups is 1. The molecule has 1 aliphatic carbocycles. The molecule has 0 radical (unpaired) electrons. The van der Waals surface area contributed by atoms with E-state index in [1.165, 1.54) is 12.8 Å².